The lowest BCUT2D eigenvalue weighted by Crippen LogP contribution is -2.30. The van der Waals surface area contributed by atoms with Crippen molar-refractivity contribution in [2.24, 2.45) is 0 Å². The van der Waals surface area contributed by atoms with Crippen LogP contribution in [0.3, 0.4) is 0 Å². The summed E-state index contributed by atoms with van der Waals surface area (Å²) in [6, 6.07) is 0. The molecule has 0 unspecified atom stereocenters. The average Bonchev–Trinajstić information content (AvgIpc) is 2.66. The van der Waals surface area contributed by atoms with E-state index in [0.29, 0.717) is 52.8 Å². The third-order valence-electron chi connectivity index (χ3n) is 2.97. The van der Waals surface area contributed by atoms with E-state index in [1.54, 1.807) is 6.92 Å². The topological polar surface area (TPSA) is 103 Å². The van der Waals surface area contributed by atoms with E-state index in [2.05, 4.69) is 11.2 Å². The Hall–Kier alpha value is -2.12. The molecule has 152 valence electrons. The molecule has 0 saturated carbocycles. The minimum absolute atomic E-state index is 0.0519. The van der Waals surface area contributed by atoms with Gasteiger partial charge in [-0.2, -0.15) is 0 Å². The van der Waals surface area contributed by atoms with Crippen molar-refractivity contribution in [3.63, 3.8) is 0 Å². The van der Waals surface area contributed by atoms with E-state index in [9.17, 15) is 14.5 Å². The lowest BCUT2D eigenvalue weighted by molar-refractivity contribution is -0.463. The summed E-state index contributed by atoms with van der Waals surface area (Å²) in [4.78, 5) is 34.0. The van der Waals surface area contributed by atoms with E-state index < -0.39 is 5.91 Å². The second kappa shape index (κ2) is 18.7. The van der Waals surface area contributed by atoms with Crippen molar-refractivity contribution in [2.45, 2.75) is 13.3 Å². The Morgan fingerprint density at radius 1 is 1.00 bits per heavy atom. The van der Waals surface area contributed by atoms with Gasteiger partial charge in [-0.15, -0.1) is 6.42 Å². The summed E-state index contributed by atoms with van der Waals surface area (Å²) in [7, 11) is 0. The van der Waals surface area contributed by atoms with Crippen LogP contribution < -0.4 is 5.32 Å². The van der Waals surface area contributed by atoms with Crippen LogP contribution >= 0.6 is 0 Å². The maximum Gasteiger partial charge on any atom is 0.457 e. The van der Waals surface area contributed by atoms with Crippen LogP contribution in [0.5, 0.6) is 0 Å². The smallest absolute Gasteiger partial charge is 0.377 e. The molecular formula is C18H29N2O7+. The Balaban J connectivity index is 3.34. The van der Waals surface area contributed by atoms with Crippen LogP contribution in [0.1, 0.15) is 13.3 Å². The minimum atomic E-state index is -0.670. The molecule has 9 nitrogen and oxygen atoms in total. The van der Waals surface area contributed by atoms with E-state index in [-0.39, 0.29) is 30.2 Å². The third-order valence-corrected chi connectivity index (χ3v) is 2.97. The van der Waals surface area contributed by atoms with E-state index in [1.807, 2.05) is 0 Å². The zero-order chi connectivity index (χ0) is 20.2. The third kappa shape index (κ3) is 17.1. The van der Waals surface area contributed by atoms with Gasteiger partial charge in [0, 0.05) is 11.5 Å². The molecule has 0 aromatic carbocycles. The number of nitrogens with one attached hydrogen (secondary N) is 1. The lowest BCUT2D eigenvalue weighted by Gasteiger charge is -2.07. The number of amides is 2. The van der Waals surface area contributed by atoms with Crippen LogP contribution in [-0.4, -0.2) is 82.5 Å². The Kier molecular flexibility index (Phi) is 17.2. The summed E-state index contributed by atoms with van der Waals surface area (Å²) in [5.41, 5.74) is 0. The molecule has 1 N–H and O–H groups in total. The Morgan fingerprint density at radius 2 is 1.56 bits per heavy atom. The normalized spacial score (nSPS) is 10.7. The predicted molar refractivity (Wildman–Crippen MR) is 98.1 cm³/mol. The Morgan fingerprint density at radius 3 is 2.11 bits per heavy atom. The van der Waals surface area contributed by atoms with Crippen LogP contribution in [0.4, 0.5) is 0 Å². The molecule has 0 atom stereocenters. The maximum atomic E-state index is 11.5. The molecule has 0 spiro atoms. The molecular weight excluding hydrogens is 356 g/mol. The number of terminal acetylenes is 1. The van der Waals surface area contributed by atoms with Gasteiger partial charge in [0.15, 0.2) is 0 Å². The van der Waals surface area contributed by atoms with Gasteiger partial charge >= 0.3 is 5.91 Å². The van der Waals surface area contributed by atoms with Crippen molar-refractivity contribution >= 4 is 11.8 Å². The van der Waals surface area contributed by atoms with Gasteiger partial charge in [-0.05, 0) is 6.92 Å². The molecule has 0 radical (unpaired) electrons. The molecule has 0 rings (SSSR count). The highest BCUT2D eigenvalue weighted by atomic mass is 16.6. The maximum absolute atomic E-state index is 11.5. The summed E-state index contributed by atoms with van der Waals surface area (Å²) in [5, 5.41) is 2.60. The molecule has 0 aliphatic carbocycles. The monoisotopic (exact) mass is 385 g/mol. The number of hydrogen-bond acceptors (Lipinski definition) is 7. The summed E-state index contributed by atoms with van der Waals surface area (Å²) < 4.78 is 21.2. The second-order valence-electron chi connectivity index (χ2n) is 5.13. The van der Waals surface area contributed by atoms with Gasteiger partial charge in [0.2, 0.25) is 12.5 Å². The molecule has 0 saturated heterocycles. The van der Waals surface area contributed by atoms with E-state index in [1.165, 1.54) is 6.08 Å². The fraction of sp³-hybridized carbons (Fsp3) is 0.667. The van der Waals surface area contributed by atoms with Crippen molar-refractivity contribution in [2.75, 3.05) is 65.9 Å². The van der Waals surface area contributed by atoms with E-state index in [4.69, 9.17) is 25.4 Å². The van der Waals surface area contributed by atoms with E-state index >= 15 is 0 Å². The fourth-order valence-electron chi connectivity index (χ4n) is 1.68. The van der Waals surface area contributed by atoms with Crippen LogP contribution in [0.25, 0.3) is 0 Å². The summed E-state index contributed by atoms with van der Waals surface area (Å²) in [6.45, 7) is 5.04. The molecule has 0 aliphatic heterocycles. The van der Waals surface area contributed by atoms with Crippen molar-refractivity contribution < 1.29 is 33.3 Å². The van der Waals surface area contributed by atoms with Gasteiger partial charge in [-0.25, -0.2) is 4.79 Å². The molecule has 0 aromatic heterocycles. The van der Waals surface area contributed by atoms with Crippen molar-refractivity contribution in [3.8, 4) is 12.3 Å². The molecule has 0 aliphatic rings. The van der Waals surface area contributed by atoms with Crippen LogP contribution in [-0.2, 0) is 28.5 Å². The zero-order valence-corrected chi connectivity index (χ0v) is 15.8. The van der Waals surface area contributed by atoms with Crippen molar-refractivity contribution in [1.29, 1.82) is 0 Å². The quantitative estimate of drug-likeness (QED) is 0.164. The number of allylic oxidation sites excluding steroid dienone is 1. The van der Waals surface area contributed by atoms with Gasteiger partial charge in [0.25, 0.3) is 0 Å². The molecule has 0 fully saturated rings. The fourth-order valence-corrected chi connectivity index (χ4v) is 1.68. The van der Waals surface area contributed by atoms with Gasteiger partial charge < -0.3 is 24.3 Å². The molecule has 9 heteroatoms. The molecule has 2 amide bonds. The Bertz CT molecular complexity index is 500. The highest BCUT2D eigenvalue weighted by molar-refractivity contribution is 5.80. The lowest BCUT2D eigenvalue weighted by atomic mass is 10.3. The number of ether oxygens (including phenoxy) is 4. The number of nitroso groups, excluding NO2 is 1. The average molecular weight is 385 g/mol. The van der Waals surface area contributed by atoms with Gasteiger partial charge in [0.1, 0.15) is 6.61 Å². The standard InChI is InChI=1S/C18H28N2O7/c1-3-5-18(22)20(23)8-6-17(21)19-7-10-25-12-14-27-16-15-26-13-11-24-9-4-2/h2-3,5H,6-16H2,1H3/p+1/b5-3-. The first kappa shape index (κ1) is 24.9. The number of hydrogen-bond donors (Lipinski definition) is 1. The first-order valence-corrected chi connectivity index (χ1v) is 8.74. The number of nitrogens with zero attached hydrogens (tertiary/aromatic N) is 1. The molecule has 27 heavy (non-hydrogen) atoms. The SMILES string of the molecule is C#CCOCCOCCOCCOCCNC(=O)CC[N+](=O)C(=O)/C=C\C. The van der Waals surface area contributed by atoms with Gasteiger partial charge in [0.05, 0.1) is 63.5 Å². The van der Waals surface area contributed by atoms with Crippen molar-refractivity contribution in [3.05, 3.63) is 17.1 Å². The Labute approximate surface area is 159 Å². The number of rotatable bonds is 17. The summed E-state index contributed by atoms with van der Waals surface area (Å²) in [6.07, 6.45) is 7.61. The predicted octanol–water partition coefficient (Wildman–Crippen LogP) is 0.0739. The minimum Gasteiger partial charge on any atom is -0.377 e. The van der Waals surface area contributed by atoms with Crippen LogP contribution in [0.2, 0.25) is 0 Å². The number of carbonyl (C=O) groups is 2. The summed E-state index contributed by atoms with van der Waals surface area (Å²) >= 11 is 0. The molecule has 0 heterocycles. The zero-order valence-electron chi connectivity index (χ0n) is 15.8. The highest BCUT2D eigenvalue weighted by Crippen LogP contribution is 1.87. The highest BCUT2D eigenvalue weighted by Gasteiger charge is 2.19. The van der Waals surface area contributed by atoms with Crippen LogP contribution in [0.15, 0.2) is 12.2 Å². The largest absolute Gasteiger partial charge is 0.457 e. The summed E-state index contributed by atoms with van der Waals surface area (Å²) in [5.74, 6) is 1.38. The number of carbonyl (C=O) groups excluding carboxylic acids is 2. The molecule has 0 aromatic rings. The van der Waals surface area contributed by atoms with E-state index in [0.717, 1.165) is 6.08 Å². The second-order valence-corrected chi connectivity index (χ2v) is 5.13. The van der Waals surface area contributed by atoms with Crippen molar-refractivity contribution in [1.82, 2.24) is 5.32 Å². The molecule has 0 bridgehead atoms. The van der Waals surface area contributed by atoms with Gasteiger partial charge in [-0.3, -0.25) is 4.79 Å². The first-order valence-electron chi connectivity index (χ1n) is 8.74. The van der Waals surface area contributed by atoms with Gasteiger partial charge in [-0.1, -0.05) is 12.0 Å². The first-order chi connectivity index (χ1) is 13.1. The van der Waals surface area contributed by atoms with Crippen LogP contribution in [0, 0.1) is 17.3 Å².